The number of hydrogen-bond donors (Lipinski definition) is 1. The SMILES string of the molecule is CC(N)=C(C#N)C(=O)COC(=O)C1CCN(S(=O)(=O)c2ccc(Cl)c(C(F)(F)F)c2)CC1. The van der Waals surface area contributed by atoms with Crippen molar-refractivity contribution in [3.63, 3.8) is 0 Å². The molecule has 0 amide bonds. The molecule has 0 unspecified atom stereocenters. The first-order valence-electron chi connectivity index (χ1n) is 9.22. The van der Waals surface area contributed by atoms with E-state index in [-0.39, 0.29) is 37.2 Å². The molecule has 0 spiro atoms. The third-order valence-electron chi connectivity index (χ3n) is 4.80. The lowest BCUT2D eigenvalue weighted by atomic mass is 9.98. The number of ether oxygens (including phenoxy) is 1. The fourth-order valence-electron chi connectivity index (χ4n) is 3.06. The van der Waals surface area contributed by atoms with Gasteiger partial charge in [-0.15, -0.1) is 0 Å². The highest BCUT2D eigenvalue weighted by atomic mass is 35.5. The number of esters is 1. The van der Waals surface area contributed by atoms with Gasteiger partial charge in [-0.25, -0.2) is 8.42 Å². The molecule has 2 N–H and O–H groups in total. The monoisotopic (exact) mass is 493 g/mol. The fraction of sp³-hybridized carbons (Fsp3) is 0.421. The Bertz CT molecular complexity index is 1080. The second kappa shape index (κ2) is 9.89. The van der Waals surface area contributed by atoms with E-state index < -0.39 is 56.0 Å². The summed E-state index contributed by atoms with van der Waals surface area (Å²) in [4.78, 5) is 23.5. The number of benzene rings is 1. The van der Waals surface area contributed by atoms with Gasteiger partial charge in [0, 0.05) is 18.8 Å². The molecule has 8 nitrogen and oxygen atoms in total. The van der Waals surface area contributed by atoms with E-state index in [1.165, 1.54) is 6.92 Å². The van der Waals surface area contributed by atoms with Gasteiger partial charge in [0.2, 0.25) is 15.8 Å². The minimum atomic E-state index is -4.82. The molecule has 13 heteroatoms. The number of hydrogen-bond acceptors (Lipinski definition) is 7. The maximum atomic E-state index is 13.0. The molecule has 0 atom stereocenters. The van der Waals surface area contributed by atoms with Crippen LogP contribution in [-0.4, -0.2) is 44.2 Å². The van der Waals surface area contributed by atoms with E-state index in [0.717, 1.165) is 16.4 Å². The average Bonchev–Trinajstić information content (AvgIpc) is 2.71. The molecule has 0 radical (unpaired) electrons. The van der Waals surface area contributed by atoms with Gasteiger partial charge in [0.15, 0.2) is 6.61 Å². The number of rotatable bonds is 6. The van der Waals surface area contributed by atoms with E-state index in [9.17, 15) is 31.2 Å². The summed E-state index contributed by atoms with van der Waals surface area (Å²) in [6.07, 6.45) is -4.73. The summed E-state index contributed by atoms with van der Waals surface area (Å²) in [5.41, 5.74) is 3.81. The minimum absolute atomic E-state index is 0.0112. The zero-order valence-electron chi connectivity index (χ0n) is 16.8. The molecule has 1 aromatic carbocycles. The number of sulfonamides is 1. The number of nitrogens with zero attached hydrogens (tertiary/aromatic N) is 2. The maximum Gasteiger partial charge on any atom is 0.417 e. The van der Waals surface area contributed by atoms with Crippen LogP contribution in [0.5, 0.6) is 0 Å². The van der Waals surface area contributed by atoms with E-state index in [1.54, 1.807) is 6.07 Å². The van der Waals surface area contributed by atoms with Crippen LogP contribution in [0.3, 0.4) is 0 Å². The highest BCUT2D eigenvalue weighted by Crippen LogP contribution is 2.36. The largest absolute Gasteiger partial charge is 0.457 e. The number of allylic oxidation sites excluding steroid dienone is 1. The molecule has 1 fully saturated rings. The number of carbonyl (C=O) groups is 2. The summed E-state index contributed by atoms with van der Waals surface area (Å²) in [6, 6.07) is 3.95. The van der Waals surface area contributed by atoms with Gasteiger partial charge in [-0.05, 0) is 38.0 Å². The Kier molecular flexibility index (Phi) is 7.92. The predicted molar refractivity (Wildman–Crippen MR) is 106 cm³/mol. The number of halogens is 4. The zero-order chi connectivity index (χ0) is 24.3. The van der Waals surface area contributed by atoms with Crippen LogP contribution in [0.4, 0.5) is 13.2 Å². The number of piperidine rings is 1. The molecule has 1 aromatic rings. The van der Waals surface area contributed by atoms with Gasteiger partial charge < -0.3 is 10.5 Å². The number of nitrogens with two attached hydrogens (primary N) is 1. The van der Waals surface area contributed by atoms with Crippen LogP contribution < -0.4 is 5.73 Å². The quantitative estimate of drug-likeness (QED) is 0.366. The summed E-state index contributed by atoms with van der Waals surface area (Å²) in [7, 11) is -4.25. The van der Waals surface area contributed by atoms with Gasteiger partial charge in [0.25, 0.3) is 0 Å². The van der Waals surface area contributed by atoms with Crippen LogP contribution in [0, 0.1) is 17.2 Å². The van der Waals surface area contributed by atoms with Gasteiger partial charge in [0.1, 0.15) is 11.6 Å². The molecular weight excluding hydrogens is 475 g/mol. The molecule has 1 aliphatic heterocycles. The van der Waals surface area contributed by atoms with E-state index >= 15 is 0 Å². The van der Waals surface area contributed by atoms with Crippen LogP contribution in [0.25, 0.3) is 0 Å². The first kappa shape index (κ1) is 25.6. The molecule has 1 aliphatic rings. The number of nitriles is 1. The van der Waals surface area contributed by atoms with Gasteiger partial charge in [0.05, 0.1) is 21.4 Å². The van der Waals surface area contributed by atoms with Crippen molar-refractivity contribution in [2.75, 3.05) is 19.7 Å². The smallest absolute Gasteiger partial charge is 0.417 e. The van der Waals surface area contributed by atoms with Crippen LogP contribution in [0.1, 0.15) is 25.3 Å². The molecule has 2 rings (SSSR count). The standard InChI is InChI=1S/C19H19ClF3N3O5S/c1-11(25)14(9-24)17(27)10-31-18(28)12-4-6-26(7-5-12)32(29,30)13-2-3-16(20)15(8-13)19(21,22)23/h2-3,8,12H,4-7,10,25H2,1H3. The second-order valence-corrected chi connectivity index (χ2v) is 9.36. The highest BCUT2D eigenvalue weighted by Gasteiger charge is 2.37. The van der Waals surface area contributed by atoms with Crippen molar-refractivity contribution in [2.45, 2.75) is 30.8 Å². The molecule has 0 saturated carbocycles. The van der Waals surface area contributed by atoms with Crippen molar-refractivity contribution in [1.29, 1.82) is 5.26 Å². The Morgan fingerprint density at radius 2 is 1.91 bits per heavy atom. The van der Waals surface area contributed by atoms with Crippen LogP contribution in [0.15, 0.2) is 34.4 Å². The first-order valence-corrected chi connectivity index (χ1v) is 11.0. The number of ketones is 1. The van der Waals surface area contributed by atoms with Gasteiger partial charge in [-0.2, -0.15) is 22.7 Å². The van der Waals surface area contributed by atoms with Crippen LogP contribution in [0.2, 0.25) is 5.02 Å². The molecule has 32 heavy (non-hydrogen) atoms. The normalized spacial score (nSPS) is 16.8. The molecule has 1 saturated heterocycles. The van der Waals surface area contributed by atoms with Crippen molar-refractivity contribution in [3.8, 4) is 6.07 Å². The highest BCUT2D eigenvalue weighted by molar-refractivity contribution is 7.89. The van der Waals surface area contributed by atoms with Crippen molar-refractivity contribution in [3.05, 3.63) is 40.1 Å². The Morgan fingerprint density at radius 1 is 1.31 bits per heavy atom. The molecule has 1 heterocycles. The minimum Gasteiger partial charge on any atom is -0.457 e. The lowest BCUT2D eigenvalue weighted by Gasteiger charge is -2.30. The molecular formula is C19H19ClF3N3O5S. The number of alkyl halides is 3. The average molecular weight is 494 g/mol. The van der Waals surface area contributed by atoms with Crippen LogP contribution >= 0.6 is 11.6 Å². The molecule has 0 aliphatic carbocycles. The summed E-state index contributed by atoms with van der Waals surface area (Å²) in [5.74, 6) is -2.21. The molecule has 174 valence electrons. The summed E-state index contributed by atoms with van der Waals surface area (Å²) in [6.45, 7) is 0.406. The summed E-state index contributed by atoms with van der Waals surface area (Å²) < 4.78 is 70.5. The van der Waals surface area contributed by atoms with E-state index in [1.807, 2.05) is 0 Å². The van der Waals surface area contributed by atoms with E-state index in [4.69, 9.17) is 27.3 Å². The second-order valence-electron chi connectivity index (χ2n) is 7.02. The van der Waals surface area contributed by atoms with Gasteiger partial charge in [-0.1, -0.05) is 11.6 Å². The summed E-state index contributed by atoms with van der Waals surface area (Å²) in [5, 5.41) is 8.26. The van der Waals surface area contributed by atoms with Crippen molar-refractivity contribution >= 4 is 33.4 Å². The zero-order valence-corrected chi connectivity index (χ0v) is 18.4. The molecule has 0 bridgehead atoms. The Balaban J connectivity index is 2.03. The first-order chi connectivity index (χ1) is 14.8. The van der Waals surface area contributed by atoms with Crippen molar-refractivity contribution in [2.24, 2.45) is 11.7 Å². The lowest BCUT2D eigenvalue weighted by molar-refractivity contribution is -0.152. The van der Waals surface area contributed by atoms with Crippen LogP contribution in [-0.2, 0) is 30.5 Å². The number of carbonyl (C=O) groups excluding carboxylic acids is 2. The topological polar surface area (TPSA) is 131 Å². The van der Waals surface area contributed by atoms with Gasteiger partial charge >= 0.3 is 12.1 Å². The Labute approximate surface area is 187 Å². The maximum absolute atomic E-state index is 13.0. The third kappa shape index (κ3) is 5.79. The van der Waals surface area contributed by atoms with Crippen molar-refractivity contribution in [1.82, 2.24) is 4.31 Å². The predicted octanol–water partition coefficient (Wildman–Crippen LogP) is 2.63. The Hall–Kier alpha value is -2.62. The lowest BCUT2D eigenvalue weighted by Crippen LogP contribution is -2.40. The summed E-state index contributed by atoms with van der Waals surface area (Å²) >= 11 is 5.54. The van der Waals surface area contributed by atoms with E-state index in [2.05, 4.69) is 0 Å². The number of Topliss-reactive ketones (excluding diaryl/α,β-unsaturated/α-hetero) is 1. The molecule has 0 aromatic heterocycles. The fourth-order valence-corrected chi connectivity index (χ4v) is 4.78. The third-order valence-corrected chi connectivity index (χ3v) is 7.02. The van der Waals surface area contributed by atoms with Crippen molar-refractivity contribution < 1.29 is 35.9 Å². The van der Waals surface area contributed by atoms with E-state index in [0.29, 0.717) is 6.07 Å². The van der Waals surface area contributed by atoms with Gasteiger partial charge in [-0.3, -0.25) is 9.59 Å². The Morgan fingerprint density at radius 3 is 2.41 bits per heavy atom.